The Morgan fingerprint density at radius 2 is 2.24 bits per heavy atom. The highest BCUT2D eigenvalue weighted by atomic mass is 19.1. The Kier molecular flexibility index (Phi) is 3.31. The molecular weight excluding hydrogens is 217 g/mol. The number of hydrogen-bond donors (Lipinski definition) is 1. The molecule has 1 aliphatic rings. The lowest BCUT2D eigenvalue weighted by Crippen LogP contribution is -2.44. The van der Waals surface area contributed by atoms with Gasteiger partial charge in [0.15, 0.2) is 5.96 Å². The number of para-hydroxylation sites is 1. The monoisotopic (exact) mass is 235 g/mol. The molecule has 0 spiro atoms. The third-order valence-corrected chi connectivity index (χ3v) is 3.43. The number of benzene rings is 1. The molecule has 0 bridgehead atoms. The average Bonchev–Trinajstić information content (AvgIpc) is 2.71. The van der Waals surface area contributed by atoms with Crippen molar-refractivity contribution in [3.8, 4) is 0 Å². The zero-order valence-electron chi connectivity index (χ0n) is 10.2. The maximum Gasteiger partial charge on any atom is 0.196 e. The number of nitrogens with zero attached hydrogens (tertiary/aromatic N) is 2. The fourth-order valence-corrected chi connectivity index (χ4v) is 2.17. The Morgan fingerprint density at radius 1 is 1.53 bits per heavy atom. The lowest BCUT2D eigenvalue weighted by atomic mass is 9.98. The second-order valence-corrected chi connectivity index (χ2v) is 4.47. The van der Waals surface area contributed by atoms with Crippen molar-refractivity contribution >= 4 is 11.6 Å². The van der Waals surface area contributed by atoms with E-state index >= 15 is 0 Å². The number of aliphatic imine (C=N–C) groups is 1. The van der Waals surface area contributed by atoms with Crippen molar-refractivity contribution in [3.05, 3.63) is 30.1 Å². The van der Waals surface area contributed by atoms with Crippen LogP contribution in [-0.2, 0) is 0 Å². The predicted molar refractivity (Wildman–Crippen MR) is 68.6 cm³/mol. The maximum absolute atomic E-state index is 13.8. The van der Waals surface area contributed by atoms with Crippen LogP contribution >= 0.6 is 0 Å². The largest absolute Gasteiger partial charge is 0.370 e. The lowest BCUT2D eigenvalue weighted by Gasteiger charge is -2.30. The molecule has 0 amide bonds. The standard InChI is InChI=1S/C13H18FN3/c1-3-9(2)12-8-16-13(15)17(12)11-7-5-4-6-10(11)14/h4-7,9,12H,3,8H2,1-2H3,(H2,15,16). The number of anilines is 1. The van der Waals surface area contributed by atoms with E-state index < -0.39 is 0 Å². The van der Waals surface area contributed by atoms with Gasteiger partial charge >= 0.3 is 0 Å². The van der Waals surface area contributed by atoms with E-state index in [1.54, 1.807) is 12.1 Å². The van der Waals surface area contributed by atoms with Crippen LogP contribution in [-0.4, -0.2) is 18.5 Å². The maximum atomic E-state index is 13.8. The summed E-state index contributed by atoms with van der Waals surface area (Å²) in [6.07, 6.45) is 1.03. The molecule has 1 aromatic carbocycles. The van der Waals surface area contributed by atoms with Crippen LogP contribution in [0, 0.1) is 11.7 Å². The van der Waals surface area contributed by atoms with Gasteiger partial charge in [0.05, 0.1) is 18.3 Å². The molecule has 2 rings (SSSR count). The zero-order chi connectivity index (χ0) is 12.4. The van der Waals surface area contributed by atoms with E-state index in [4.69, 9.17) is 5.73 Å². The number of rotatable bonds is 3. The van der Waals surface area contributed by atoms with Crippen LogP contribution in [0.3, 0.4) is 0 Å². The lowest BCUT2D eigenvalue weighted by molar-refractivity contribution is 0.458. The van der Waals surface area contributed by atoms with Gasteiger partial charge in [-0.15, -0.1) is 0 Å². The Morgan fingerprint density at radius 3 is 2.88 bits per heavy atom. The minimum absolute atomic E-state index is 0.164. The third-order valence-electron chi connectivity index (χ3n) is 3.43. The highest BCUT2D eigenvalue weighted by molar-refractivity contribution is 5.97. The van der Waals surface area contributed by atoms with Crippen molar-refractivity contribution < 1.29 is 4.39 Å². The second-order valence-electron chi connectivity index (χ2n) is 4.47. The molecule has 2 unspecified atom stereocenters. The molecule has 0 saturated heterocycles. The molecule has 0 saturated carbocycles. The molecule has 0 radical (unpaired) electrons. The van der Waals surface area contributed by atoms with Crippen LogP contribution < -0.4 is 10.6 Å². The van der Waals surface area contributed by atoms with Crippen molar-refractivity contribution in [2.45, 2.75) is 26.3 Å². The molecule has 0 fully saturated rings. The molecule has 4 heteroatoms. The van der Waals surface area contributed by atoms with E-state index in [1.165, 1.54) is 6.07 Å². The van der Waals surface area contributed by atoms with Gasteiger partial charge in [0.1, 0.15) is 5.82 Å². The average molecular weight is 235 g/mol. The SMILES string of the molecule is CCC(C)C1CN=C(N)N1c1ccccc1F. The van der Waals surface area contributed by atoms with Gasteiger partial charge in [0.2, 0.25) is 0 Å². The molecule has 0 aromatic heterocycles. The Balaban J connectivity index is 2.34. The summed E-state index contributed by atoms with van der Waals surface area (Å²) in [5, 5.41) is 0. The van der Waals surface area contributed by atoms with Crippen molar-refractivity contribution in [2.24, 2.45) is 16.6 Å². The summed E-state index contributed by atoms with van der Waals surface area (Å²) in [7, 11) is 0. The molecule has 1 aliphatic heterocycles. The van der Waals surface area contributed by atoms with Crippen LogP contribution in [0.1, 0.15) is 20.3 Å². The van der Waals surface area contributed by atoms with Gasteiger partial charge in [-0.3, -0.25) is 4.99 Å². The minimum Gasteiger partial charge on any atom is -0.370 e. The first kappa shape index (κ1) is 11.9. The molecule has 2 atom stereocenters. The molecule has 1 heterocycles. The molecule has 92 valence electrons. The number of guanidine groups is 1. The Labute approximate surface area is 101 Å². The topological polar surface area (TPSA) is 41.6 Å². The second kappa shape index (κ2) is 4.73. The van der Waals surface area contributed by atoms with Gasteiger partial charge in [-0.25, -0.2) is 4.39 Å². The first-order valence-corrected chi connectivity index (χ1v) is 5.98. The minimum atomic E-state index is -0.249. The van der Waals surface area contributed by atoms with Gasteiger partial charge in [-0.2, -0.15) is 0 Å². The van der Waals surface area contributed by atoms with Crippen molar-refractivity contribution in [2.75, 3.05) is 11.4 Å². The van der Waals surface area contributed by atoms with Gasteiger partial charge in [0.25, 0.3) is 0 Å². The highest BCUT2D eigenvalue weighted by Gasteiger charge is 2.32. The van der Waals surface area contributed by atoms with Gasteiger partial charge in [0, 0.05) is 0 Å². The number of halogens is 1. The first-order valence-electron chi connectivity index (χ1n) is 5.98. The molecule has 0 aliphatic carbocycles. The van der Waals surface area contributed by atoms with E-state index in [0.29, 0.717) is 24.1 Å². The predicted octanol–water partition coefficient (Wildman–Crippen LogP) is 2.38. The summed E-state index contributed by atoms with van der Waals surface area (Å²) in [6.45, 7) is 4.92. The van der Waals surface area contributed by atoms with Crippen LogP contribution in [0.15, 0.2) is 29.3 Å². The molecule has 17 heavy (non-hydrogen) atoms. The molecular formula is C13H18FN3. The van der Waals surface area contributed by atoms with Crippen molar-refractivity contribution in [3.63, 3.8) is 0 Å². The van der Waals surface area contributed by atoms with Gasteiger partial charge in [-0.05, 0) is 18.1 Å². The normalized spacial score (nSPS) is 21.5. The van der Waals surface area contributed by atoms with E-state index in [2.05, 4.69) is 18.8 Å². The first-order chi connectivity index (χ1) is 8.15. The van der Waals surface area contributed by atoms with Crippen LogP contribution in [0.25, 0.3) is 0 Å². The van der Waals surface area contributed by atoms with E-state index in [0.717, 1.165) is 6.42 Å². The van der Waals surface area contributed by atoms with Crippen LogP contribution in [0.5, 0.6) is 0 Å². The Bertz CT molecular complexity index is 430. The smallest absolute Gasteiger partial charge is 0.196 e. The molecule has 3 nitrogen and oxygen atoms in total. The summed E-state index contributed by atoms with van der Waals surface area (Å²) < 4.78 is 13.8. The van der Waals surface area contributed by atoms with E-state index in [9.17, 15) is 4.39 Å². The fraction of sp³-hybridized carbons (Fsp3) is 0.462. The Hall–Kier alpha value is -1.58. The summed E-state index contributed by atoms with van der Waals surface area (Å²) in [5.74, 6) is 0.598. The van der Waals surface area contributed by atoms with Crippen LogP contribution in [0.2, 0.25) is 0 Å². The highest BCUT2D eigenvalue weighted by Crippen LogP contribution is 2.28. The fourth-order valence-electron chi connectivity index (χ4n) is 2.17. The third kappa shape index (κ3) is 2.12. The van der Waals surface area contributed by atoms with Crippen LogP contribution in [0.4, 0.5) is 10.1 Å². The summed E-state index contributed by atoms with van der Waals surface area (Å²) in [4.78, 5) is 6.06. The summed E-state index contributed by atoms with van der Waals surface area (Å²) in [5.41, 5.74) is 6.40. The number of nitrogens with two attached hydrogens (primary N) is 1. The zero-order valence-corrected chi connectivity index (χ0v) is 10.2. The van der Waals surface area contributed by atoms with Gasteiger partial charge < -0.3 is 10.6 Å². The number of hydrogen-bond acceptors (Lipinski definition) is 3. The van der Waals surface area contributed by atoms with Crippen molar-refractivity contribution in [1.29, 1.82) is 0 Å². The van der Waals surface area contributed by atoms with E-state index in [-0.39, 0.29) is 11.9 Å². The van der Waals surface area contributed by atoms with E-state index in [1.807, 2.05) is 11.0 Å². The van der Waals surface area contributed by atoms with Gasteiger partial charge in [-0.1, -0.05) is 32.4 Å². The molecule has 1 aromatic rings. The molecule has 2 N–H and O–H groups in total. The van der Waals surface area contributed by atoms with Crippen molar-refractivity contribution in [1.82, 2.24) is 0 Å². The summed E-state index contributed by atoms with van der Waals surface area (Å²) in [6, 6.07) is 6.86. The summed E-state index contributed by atoms with van der Waals surface area (Å²) >= 11 is 0. The quantitative estimate of drug-likeness (QED) is 0.874.